The Balaban J connectivity index is 3.45. The number of hydrogen-bond acceptors (Lipinski definition) is 3. The van der Waals surface area contributed by atoms with Crippen LogP contribution in [0.3, 0.4) is 0 Å². The first kappa shape index (κ1) is 12.5. The molecule has 0 amide bonds. The smallest absolute Gasteiger partial charge is 0.268 e. The zero-order chi connectivity index (χ0) is 12.3. The van der Waals surface area contributed by atoms with Crippen molar-refractivity contribution < 1.29 is 5.11 Å². The number of nitriles is 1. The standard InChI is InChI=1S/C12H16N2O2/c1-8-9(2)11(7-13)12(16)14(10(8)3)5-4-6-15/h15H,4-6H2,1-3H3. The van der Waals surface area contributed by atoms with E-state index >= 15 is 0 Å². The molecule has 0 saturated carbocycles. The molecule has 0 aliphatic carbocycles. The summed E-state index contributed by atoms with van der Waals surface area (Å²) in [5.74, 6) is 0. The van der Waals surface area contributed by atoms with Crippen molar-refractivity contribution in [2.45, 2.75) is 33.7 Å². The first-order valence-corrected chi connectivity index (χ1v) is 5.26. The van der Waals surface area contributed by atoms with Crippen molar-refractivity contribution in [2.24, 2.45) is 0 Å². The summed E-state index contributed by atoms with van der Waals surface area (Å²) in [6.45, 7) is 6.05. The van der Waals surface area contributed by atoms with Gasteiger partial charge in [0.15, 0.2) is 0 Å². The lowest BCUT2D eigenvalue weighted by Crippen LogP contribution is -2.27. The predicted molar refractivity (Wildman–Crippen MR) is 61.3 cm³/mol. The van der Waals surface area contributed by atoms with Crippen LogP contribution in [0.5, 0.6) is 0 Å². The number of aromatic nitrogens is 1. The predicted octanol–water partition coefficient (Wildman–Crippen LogP) is 1.03. The van der Waals surface area contributed by atoms with Gasteiger partial charge in [0.1, 0.15) is 11.6 Å². The van der Waals surface area contributed by atoms with Gasteiger partial charge in [-0.2, -0.15) is 5.26 Å². The summed E-state index contributed by atoms with van der Waals surface area (Å²) in [5.41, 5.74) is 2.55. The first-order chi connectivity index (χ1) is 7.54. The lowest BCUT2D eigenvalue weighted by atomic mass is 10.0. The van der Waals surface area contributed by atoms with E-state index in [-0.39, 0.29) is 17.7 Å². The topological polar surface area (TPSA) is 66.0 Å². The van der Waals surface area contributed by atoms with E-state index in [1.165, 1.54) is 0 Å². The Bertz CT molecular complexity index is 495. The average Bonchev–Trinajstić information content (AvgIpc) is 2.27. The van der Waals surface area contributed by atoms with Crippen LogP contribution >= 0.6 is 0 Å². The van der Waals surface area contributed by atoms with Crippen LogP contribution in [-0.2, 0) is 6.54 Å². The van der Waals surface area contributed by atoms with Crippen LogP contribution in [0.4, 0.5) is 0 Å². The molecule has 4 heteroatoms. The number of pyridine rings is 1. The third-order valence-electron chi connectivity index (χ3n) is 3.00. The Morgan fingerprint density at radius 3 is 2.44 bits per heavy atom. The molecule has 0 saturated heterocycles. The molecule has 0 aliphatic heterocycles. The first-order valence-electron chi connectivity index (χ1n) is 5.26. The summed E-state index contributed by atoms with van der Waals surface area (Å²) in [7, 11) is 0. The molecule has 86 valence electrons. The highest BCUT2D eigenvalue weighted by Gasteiger charge is 2.13. The molecule has 0 bridgehead atoms. The van der Waals surface area contributed by atoms with Crippen LogP contribution in [0.15, 0.2) is 4.79 Å². The highest BCUT2D eigenvalue weighted by Crippen LogP contribution is 2.13. The Hall–Kier alpha value is -1.60. The number of rotatable bonds is 3. The van der Waals surface area contributed by atoms with Crippen LogP contribution in [-0.4, -0.2) is 16.3 Å². The van der Waals surface area contributed by atoms with E-state index in [2.05, 4.69) is 0 Å². The fourth-order valence-electron chi connectivity index (χ4n) is 1.74. The fraction of sp³-hybridized carbons (Fsp3) is 0.500. The number of aliphatic hydroxyl groups excluding tert-OH is 1. The van der Waals surface area contributed by atoms with E-state index in [1.807, 2.05) is 19.9 Å². The molecule has 0 fully saturated rings. The molecule has 1 heterocycles. The Labute approximate surface area is 94.8 Å². The minimum absolute atomic E-state index is 0.0424. The van der Waals surface area contributed by atoms with Crippen LogP contribution in [0.2, 0.25) is 0 Å². The van der Waals surface area contributed by atoms with Crippen molar-refractivity contribution in [3.63, 3.8) is 0 Å². The summed E-state index contributed by atoms with van der Waals surface area (Å²) < 4.78 is 1.57. The number of hydrogen-bond donors (Lipinski definition) is 1. The Kier molecular flexibility index (Phi) is 3.86. The molecule has 0 spiro atoms. The van der Waals surface area contributed by atoms with Crippen molar-refractivity contribution in [1.29, 1.82) is 5.26 Å². The van der Waals surface area contributed by atoms with Gasteiger partial charge in [0.25, 0.3) is 5.56 Å². The molecule has 0 atom stereocenters. The van der Waals surface area contributed by atoms with Gasteiger partial charge in [-0.05, 0) is 38.3 Å². The van der Waals surface area contributed by atoms with Crippen LogP contribution in [0.1, 0.15) is 28.8 Å². The van der Waals surface area contributed by atoms with Gasteiger partial charge < -0.3 is 9.67 Å². The zero-order valence-corrected chi connectivity index (χ0v) is 9.87. The van der Waals surface area contributed by atoms with E-state index < -0.39 is 0 Å². The molecule has 1 aromatic rings. The van der Waals surface area contributed by atoms with Crippen molar-refractivity contribution in [3.05, 3.63) is 32.7 Å². The van der Waals surface area contributed by atoms with E-state index in [9.17, 15) is 4.79 Å². The lowest BCUT2D eigenvalue weighted by molar-refractivity contribution is 0.278. The lowest BCUT2D eigenvalue weighted by Gasteiger charge is -2.14. The van der Waals surface area contributed by atoms with Crippen LogP contribution < -0.4 is 5.56 Å². The summed E-state index contributed by atoms with van der Waals surface area (Å²) in [6.07, 6.45) is 0.522. The van der Waals surface area contributed by atoms with Crippen LogP contribution in [0.25, 0.3) is 0 Å². The SMILES string of the molecule is Cc1c(C)c(C)n(CCCO)c(=O)c1C#N. The zero-order valence-electron chi connectivity index (χ0n) is 9.87. The molecular formula is C12H16N2O2. The molecule has 0 aromatic carbocycles. The second kappa shape index (κ2) is 4.95. The van der Waals surface area contributed by atoms with Gasteiger partial charge >= 0.3 is 0 Å². The van der Waals surface area contributed by atoms with E-state index in [0.717, 1.165) is 16.8 Å². The van der Waals surface area contributed by atoms with Crippen LogP contribution in [0, 0.1) is 32.1 Å². The highest BCUT2D eigenvalue weighted by molar-refractivity contribution is 5.41. The van der Waals surface area contributed by atoms with Crippen molar-refractivity contribution in [3.8, 4) is 6.07 Å². The number of aliphatic hydroxyl groups is 1. The summed E-state index contributed by atoms with van der Waals surface area (Å²) in [4.78, 5) is 12.0. The van der Waals surface area contributed by atoms with Crippen molar-refractivity contribution >= 4 is 0 Å². The second-order valence-corrected chi connectivity index (χ2v) is 3.86. The maximum absolute atomic E-state index is 12.0. The molecule has 4 nitrogen and oxygen atoms in total. The van der Waals surface area contributed by atoms with Gasteiger partial charge in [-0.15, -0.1) is 0 Å². The Morgan fingerprint density at radius 2 is 1.94 bits per heavy atom. The van der Waals surface area contributed by atoms with Gasteiger partial charge in [-0.3, -0.25) is 4.79 Å². The van der Waals surface area contributed by atoms with Gasteiger partial charge in [0.05, 0.1) is 0 Å². The molecule has 1 N–H and O–H groups in total. The van der Waals surface area contributed by atoms with Crippen molar-refractivity contribution in [2.75, 3.05) is 6.61 Å². The molecule has 1 aromatic heterocycles. The third-order valence-corrected chi connectivity index (χ3v) is 3.00. The third kappa shape index (κ3) is 2.00. The molecule has 0 unspecified atom stereocenters. The quantitative estimate of drug-likeness (QED) is 0.827. The molecule has 0 aliphatic rings. The molecule has 1 rings (SSSR count). The summed E-state index contributed by atoms with van der Waals surface area (Å²) in [5, 5.41) is 17.7. The highest BCUT2D eigenvalue weighted by atomic mass is 16.3. The Morgan fingerprint density at radius 1 is 1.31 bits per heavy atom. The van der Waals surface area contributed by atoms with E-state index in [4.69, 9.17) is 10.4 Å². The van der Waals surface area contributed by atoms with Gasteiger partial charge in [0.2, 0.25) is 0 Å². The van der Waals surface area contributed by atoms with Gasteiger partial charge in [-0.1, -0.05) is 0 Å². The molecule has 16 heavy (non-hydrogen) atoms. The summed E-state index contributed by atoms with van der Waals surface area (Å²) >= 11 is 0. The second-order valence-electron chi connectivity index (χ2n) is 3.86. The minimum atomic E-state index is -0.253. The van der Waals surface area contributed by atoms with Crippen molar-refractivity contribution in [1.82, 2.24) is 4.57 Å². The summed E-state index contributed by atoms with van der Waals surface area (Å²) in [6, 6.07) is 1.95. The monoisotopic (exact) mass is 220 g/mol. The average molecular weight is 220 g/mol. The van der Waals surface area contributed by atoms with Gasteiger partial charge in [-0.25, -0.2) is 0 Å². The largest absolute Gasteiger partial charge is 0.396 e. The maximum atomic E-state index is 12.0. The normalized spacial score (nSPS) is 10.2. The minimum Gasteiger partial charge on any atom is -0.396 e. The van der Waals surface area contributed by atoms with Gasteiger partial charge in [0, 0.05) is 18.8 Å². The maximum Gasteiger partial charge on any atom is 0.268 e. The number of nitrogens with zero attached hydrogens (tertiary/aromatic N) is 2. The molecule has 0 radical (unpaired) electrons. The van der Waals surface area contributed by atoms with E-state index in [1.54, 1.807) is 11.5 Å². The molecular weight excluding hydrogens is 204 g/mol. The fourth-order valence-corrected chi connectivity index (χ4v) is 1.74. The van der Waals surface area contributed by atoms with E-state index in [0.29, 0.717) is 13.0 Å².